The fourth-order valence-corrected chi connectivity index (χ4v) is 5.24. The van der Waals surface area contributed by atoms with E-state index in [1.165, 1.54) is 17.6 Å². The van der Waals surface area contributed by atoms with Crippen molar-refractivity contribution in [2.45, 2.75) is 38.2 Å². The van der Waals surface area contributed by atoms with Gasteiger partial charge in [-0.05, 0) is 67.9 Å². The normalized spacial score (nSPS) is 17.2. The number of aromatic nitrogens is 2. The van der Waals surface area contributed by atoms with E-state index in [0.29, 0.717) is 23.7 Å². The largest absolute Gasteiger partial charge is 0.485 e. The molecule has 4 rings (SSSR count). The van der Waals surface area contributed by atoms with Crippen molar-refractivity contribution in [1.29, 1.82) is 0 Å². The summed E-state index contributed by atoms with van der Waals surface area (Å²) < 4.78 is 11.5. The van der Waals surface area contributed by atoms with Gasteiger partial charge in [-0.25, -0.2) is 4.98 Å². The van der Waals surface area contributed by atoms with E-state index in [0.717, 1.165) is 44.5 Å². The molecule has 3 aromatic rings. The summed E-state index contributed by atoms with van der Waals surface area (Å²) in [4.78, 5) is 24.8. The van der Waals surface area contributed by atoms with Crippen LogP contribution in [0.3, 0.4) is 0 Å². The van der Waals surface area contributed by atoms with Crippen molar-refractivity contribution in [3.63, 3.8) is 0 Å². The lowest BCUT2D eigenvalue weighted by atomic mass is 9.90. The highest BCUT2D eigenvalue weighted by molar-refractivity contribution is 7.10. The van der Waals surface area contributed by atoms with Gasteiger partial charge >= 0.3 is 6.01 Å². The lowest BCUT2D eigenvalue weighted by molar-refractivity contribution is 0.0974. The zero-order valence-electron chi connectivity index (χ0n) is 20.7. The van der Waals surface area contributed by atoms with E-state index >= 15 is 0 Å². The first-order valence-corrected chi connectivity index (χ1v) is 13.0. The van der Waals surface area contributed by atoms with Gasteiger partial charge in [0.05, 0.1) is 12.7 Å². The molecule has 0 spiro atoms. The molecule has 0 radical (unpaired) electrons. The second-order valence-electron chi connectivity index (χ2n) is 8.99. The maximum Gasteiger partial charge on any atom is 0.318 e. The highest BCUT2D eigenvalue weighted by Gasteiger charge is 2.23. The number of ether oxygens (including phenoxy) is 2. The summed E-state index contributed by atoms with van der Waals surface area (Å²) >= 11 is 1.73. The molecule has 1 aromatic carbocycles. The van der Waals surface area contributed by atoms with Gasteiger partial charge in [-0.3, -0.25) is 4.79 Å². The Morgan fingerprint density at radius 3 is 2.77 bits per heavy atom. The van der Waals surface area contributed by atoms with Gasteiger partial charge in [-0.1, -0.05) is 18.2 Å². The number of fused-ring (bicyclic) bond motifs is 1. The maximum atomic E-state index is 12.9. The van der Waals surface area contributed by atoms with Crippen LogP contribution in [0, 0.1) is 5.92 Å². The Hall–Kier alpha value is -2.97. The second-order valence-corrected chi connectivity index (χ2v) is 9.97. The number of benzene rings is 1. The molecule has 35 heavy (non-hydrogen) atoms. The summed E-state index contributed by atoms with van der Waals surface area (Å²) in [5, 5.41) is 5.31. The molecule has 3 heterocycles. The number of thiophene rings is 1. The van der Waals surface area contributed by atoms with Crippen LogP contribution in [0.2, 0.25) is 0 Å². The number of anilines is 1. The van der Waals surface area contributed by atoms with Crippen molar-refractivity contribution in [1.82, 2.24) is 15.3 Å². The third-order valence-corrected chi connectivity index (χ3v) is 7.45. The fourth-order valence-electron chi connectivity index (χ4n) is 4.45. The molecule has 0 saturated carbocycles. The number of Topliss-reactive ketones (excluding diaryl/α,β-unsaturated/α-hetero) is 1. The van der Waals surface area contributed by atoms with E-state index in [4.69, 9.17) is 9.47 Å². The third kappa shape index (κ3) is 6.58. The molecule has 1 aliphatic heterocycles. The predicted octanol–water partition coefficient (Wildman–Crippen LogP) is 4.94. The van der Waals surface area contributed by atoms with Gasteiger partial charge in [0, 0.05) is 37.5 Å². The molecule has 2 aromatic heterocycles. The van der Waals surface area contributed by atoms with Crippen LogP contribution in [0.25, 0.3) is 0 Å². The Morgan fingerprint density at radius 2 is 2.06 bits per heavy atom. The monoisotopic (exact) mass is 494 g/mol. The van der Waals surface area contributed by atoms with Gasteiger partial charge < -0.3 is 19.7 Å². The first kappa shape index (κ1) is 25.1. The topological polar surface area (TPSA) is 76.6 Å². The minimum absolute atomic E-state index is 0.0487. The first-order valence-electron chi connectivity index (χ1n) is 12.2. The zero-order chi connectivity index (χ0) is 24.6. The molecule has 0 aliphatic carbocycles. The van der Waals surface area contributed by atoms with Crippen molar-refractivity contribution < 1.29 is 14.3 Å². The van der Waals surface area contributed by atoms with E-state index < -0.39 is 0 Å². The van der Waals surface area contributed by atoms with Crippen molar-refractivity contribution >= 4 is 22.9 Å². The molecule has 0 fully saturated rings. The van der Waals surface area contributed by atoms with Crippen molar-refractivity contribution in [3.8, 4) is 11.8 Å². The Morgan fingerprint density at radius 1 is 1.23 bits per heavy atom. The maximum absolute atomic E-state index is 12.9. The van der Waals surface area contributed by atoms with Gasteiger partial charge in [0.1, 0.15) is 17.7 Å². The minimum atomic E-state index is 0.0487. The van der Waals surface area contributed by atoms with E-state index in [2.05, 4.69) is 57.1 Å². The lowest BCUT2D eigenvalue weighted by Crippen LogP contribution is -2.23. The quantitative estimate of drug-likeness (QED) is 0.452. The number of rotatable bonds is 9. The molecule has 1 unspecified atom stereocenters. The SMILES string of the molecule is CNCC[C@H](Oc1ccc(CC2CCC(=O)c3cnc(OC)nc3N(C)CC2)cc1)c1cccs1. The average Bonchev–Trinajstić information content (AvgIpc) is 3.43. The zero-order valence-corrected chi connectivity index (χ0v) is 21.5. The number of nitrogens with zero attached hydrogens (tertiary/aromatic N) is 3. The molecule has 186 valence electrons. The van der Waals surface area contributed by atoms with Gasteiger partial charge in [-0.15, -0.1) is 11.3 Å². The van der Waals surface area contributed by atoms with Crippen LogP contribution in [-0.4, -0.2) is 50.0 Å². The molecule has 1 N–H and O–H groups in total. The Kier molecular flexibility index (Phi) is 8.71. The number of hydrogen-bond acceptors (Lipinski definition) is 8. The number of carbonyl (C=O) groups is 1. The number of nitrogens with one attached hydrogen (secondary N) is 1. The number of ketones is 1. The van der Waals surface area contributed by atoms with E-state index in [1.807, 2.05) is 19.0 Å². The molecule has 2 atom stereocenters. The molecular formula is C27H34N4O3S. The van der Waals surface area contributed by atoms with Gasteiger partial charge in [0.2, 0.25) is 0 Å². The van der Waals surface area contributed by atoms with Crippen molar-refractivity contribution in [2.75, 3.05) is 39.2 Å². The molecule has 0 bridgehead atoms. The molecular weight excluding hydrogens is 460 g/mol. The van der Waals surface area contributed by atoms with Gasteiger partial charge in [0.15, 0.2) is 5.78 Å². The van der Waals surface area contributed by atoms with Crippen LogP contribution in [0.4, 0.5) is 5.82 Å². The van der Waals surface area contributed by atoms with Gasteiger partial charge in [0.25, 0.3) is 0 Å². The second kappa shape index (κ2) is 12.1. The average molecular weight is 495 g/mol. The number of methoxy groups -OCH3 is 1. The Bertz CT molecular complexity index is 1090. The molecule has 0 amide bonds. The summed E-state index contributed by atoms with van der Waals surface area (Å²) in [6, 6.07) is 12.9. The van der Waals surface area contributed by atoms with Crippen LogP contribution in [0.15, 0.2) is 48.0 Å². The summed E-state index contributed by atoms with van der Waals surface area (Å²) in [5.41, 5.74) is 1.84. The van der Waals surface area contributed by atoms with Crippen molar-refractivity contribution in [2.24, 2.45) is 5.92 Å². The highest BCUT2D eigenvalue weighted by Crippen LogP contribution is 2.30. The number of carbonyl (C=O) groups excluding carboxylic acids is 1. The minimum Gasteiger partial charge on any atom is -0.485 e. The molecule has 8 heteroatoms. The van der Waals surface area contributed by atoms with E-state index in [-0.39, 0.29) is 17.9 Å². The van der Waals surface area contributed by atoms with E-state index in [9.17, 15) is 4.79 Å². The molecule has 7 nitrogen and oxygen atoms in total. The Labute approximate surface area is 211 Å². The van der Waals surface area contributed by atoms with Crippen LogP contribution in [0.5, 0.6) is 11.8 Å². The predicted molar refractivity (Wildman–Crippen MR) is 140 cm³/mol. The third-order valence-electron chi connectivity index (χ3n) is 6.49. The van der Waals surface area contributed by atoms with Crippen molar-refractivity contribution in [3.05, 3.63) is 64.0 Å². The fraction of sp³-hybridized carbons (Fsp3) is 0.444. The summed E-state index contributed by atoms with van der Waals surface area (Å²) in [6.07, 6.45) is 5.82. The lowest BCUT2D eigenvalue weighted by Gasteiger charge is -2.22. The summed E-state index contributed by atoms with van der Waals surface area (Å²) in [5.74, 6) is 2.04. The van der Waals surface area contributed by atoms with Crippen LogP contribution < -0.4 is 19.7 Å². The molecule has 1 aliphatic rings. The smallest absolute Gasteiger partial charge is 0.318 e. The summed E-state index contributed by atoms with van der Waals surface area (Å²) in [7, 11) is 5.48. The number of hydrogen-bond donors (Lipinski definition) is 1. The van der Waals surface area contributed by atoms with E-state index in [1.54, 1.807) is 17.5 Å². The summed E-state index contributed by atoms with van der Waals surface area (Å²) in [6.45, 7) is 1.72. The molecule has 0 saturated heterocycles. The standard InChI is InChI=1S/C27H34N4O3S/c1-28-14-12-24(25-5-4-16-35-25)34-21-9-6-19(7-10-21)17-20-8-11-23(32)22-18-29-27(33-3)30-26(22)31(2)15-13-20/h4-7,9-10,16,18,20,24,28H,8,11-15,17H2,1-3H3/t20?,24-/m0/s1. The van der Waals surface area contributed by atoms with Crippen LogP contribution in [-0.2, 0) is 6.42 Å². The van der Waals surface area contributed by atoms with Crippen LogP contribution in [0.1, 0.15) is 52.6 Å². The van der Waals surface area contributed by atoms with Gasteiger partial charge in [-0.2, -0.15) is 4.98 Å². The first-order chi connectivity index (χ1) is 17.1. The Balaban J connectivity index is 1.40. The highest BCUT2D eigenvalue weighted by atomic mass is 32.1. The van der Waals surface area contributed by atoms with Crippen LogP contribution >= 0.6 is 11.3 Å².